The molecule has 9 nitrogen and oxygen atoms in total. The Labute approximate surface area is 201 Å². The standard InChI is InChI=1S/C23H27ClFN5O4/c1-34-11-9-26-20(31)18-19(28-13-27-18)21(32)29-15-4-6-23(7-5-15)8-10-30(22(23)33)17-3-2-14(25)12-16(17)24/h2-3,12-13,15H,4-11H2,1H3,(H,26,31)(H,27,28)(H,29,32). The topological polar surface area (TPSA) is 116 Å². The Morgan fingerprint density at radius 2 is 2.06 bits per heavy atom. The number of anilines is 1. The lowest BCUT2D eigenvalue weighted by Crippen LogP contribution is -2.44. The highest BCUT2D eigenvalue weighted by Gasteiger charge is 2.49. The second-order valence-electron chi connectivity index (χ2n) is 8.71. The van der Waals surface area contributed by atoms with Crippen LogP contribution in [0.3, 0.4) is 0 Å². The van der Waals surface area contributed by atoms with Gasteiger partial charge in [-0.1, -0.05) is 11.6 Å². The lowest BCUT2D eigenvalue weighted by atomic mass is 9.71. The summed E-state index contributed by atoms with van der Waals surface area (Å²) < 4.78 is 18.3. The molecule has 11 heteroatoms. The van der Waals surface area contributed by atoms with Gasteiger partial charge in [-0.15, -0.1) is 0 Å². The van der Waals surface area contributed by atoms with Crippen molar-refractivity contribution in [2.75, 3.05) is 31.7 Å². The van der Waals surface area contributed by atoms with E-state index in [1.165, 1.54) is 31.6 Å². The fourth-order valence-corrected chi connectivity index (χ4v) is 5.05. The number of imidazole rings is 1. The number of aromatic amines is 1. The van der Waals surface area contributed by atoms with Gasteiger partial charge < -0.3 is 25.3 Å². The van der Waals surface area contributed by atoms with Crippen molar-refractivity contribution < 1.29 is 23.5 Å². The molecule has 0 unspecified atom stereocenters. The normalized spacial score (nSPS) is 22.3. The molecule has 2 aliphatic rings. The van der Waals surface area contributed by atoms with Crippen LogP contribution in [0.2, 0.25) is 5.02 Å². The van der Waals surface area contributed by atoms with E-state index < -0.39 is 23.0 Å². The van der Waals surface area contributed by atoms with Crippen LogP contribution in [0.25, 0.3) is 0 Å². The van der Waals surface area contributed by atoms with Gasteiger partial charge in [-0.25, -0.2) is 9.37 Å². The summed E-state index contributed by atoms with van der Waals surface area (Å²) in [7, 11) is 1.53. The number of nitrogens with one attached hydrogen (secondary N) is 3. The van der Waals surface area contributed by atoms with Crippen molar-refractivity contribution in [3.05, 3.63) is 46.8 Å². The number of hydrogen-bond acceptors (Lipinski definition) is 5. The molecule has 2 fully saturated rings. The molecule has 2 heterocycles. The van der Waals surface area contributed by atoms with E-state index in [-0.39, 0.29) is 28.4 Å². The molecule has 2 aromatic rings. The maximum absolute atomic E-state index is 13.4. The van der Waals surface area contributed by atoms with E-state index in [9.17, 15) is 18.8 Å². The minimum Gasteiger partial charge on any atom is -0.383 e. The van der Waals surface area contributed by atoms with Gasteiger partial charge in [0.25, 0.3) is 11.8 Å². The number of aromatic nitrogens is 2. The van der Waals surface area contributed by atoms with Crippen molar-refractivity contribution in [2.24, 2.45) is 5.41 Å². The van der Waals surface area contributed by atoms with E-state index in [0.717, 1.165) is 0 Å². The van der Waals surface area contributed by atoms with E-state index in [2.05, 4.69) is 20.6 Å². The van der Waals surface area contributed by atoms with E-state index >= 15 is 0 Å². The highest BCUT2D eigenvalue weighted by molar-refractivity contribution is 6.34. The molecule has 1 aliphatic carbocycles. The van der Waals surface area contributed by atoms with Crippen LogP contribution >= 0.6 is 11.6 Å². The zero-order valence-electron chi connectivity index (χ0n) is 18.8. The number of carbonyl (C=O) groups excluding carboxylic acids is 3. The third kappa shape index (κ3) is 4.78. The fraction of sp³-hybridized carbons (Fsp3) is 0.478. The summed E-state index contributed by atoms with van der Waals surface area (Å²) in [6.45, 7) is 1.19. The number of H-pyrrole nitrogens is 1. The predicted octanol–water partition coefficient (Wildman–Crippen LogP) is 2.67. The number of hydrogen-bond donors (Lipinski definition) is 3. The molecular formula is C23H27ClFN5O4. The lowest BCUT2D eigenvalue weighted by molar-refractivity contribution is -0.127. The maximum Gasteiger partial charge on any atom is 0.272 e. The van der Waals surface area contributed by atoms with Crippen LogP contribution in [-0.4, -0.2) is 60.5 Å². The van der Waals surface area contributed by atoms with Crippen molar-refractivity contribution in [2.45, 2.75) is 38.1 Å². The molecule has 182 valence electrons. The van der Waals surface area contributed by atoms with Gasteiger partial charge in [0.05, 0.1) is 29.1 Å². The predicted molar refractivity (Wildman–Crippen MR) is 123 cm³/mol. The van der Waals surface area contributed by atoms with Crippen molar-refractivity contribution >= 4 is 35.0 Å². The summed E-state index contributed by atoms with van der Waals surface area (Å²) >= 11 is 6.18. The molecule has 1 aromatic carbocycles. The third-order valence-corrected chi connectivity index (χ3v) is 6.97. The van der Waals surface area contributed by atoms with E-state index in [1.54, 1.807) is 4.90 Å². The largest absolute Gasteiger partial charge is 0.383 e. The second kappa shape index (κ2) is 10.1. The first-order valence-corrected chi connectivity index (χ1v) is 11.6. The number of carbonyl (C=O) groups is 3. The van der Waals surface area contributed by atoms with Crippen LogP contribution < -0.4 is 15.5 Å². The minimum atomic E-state index is -0.502. The van der Waals surface area contributed by atoms with Crippen molar-refractivity contribution in [1.29, 1.82) is 0 Å². The second-order valence-corrected chi connectivity index (χ2v) is 9.11. The highest BCUT2D eigenvalue weighted by atomic mass is 35.5. The Balaban J connectivity index is 1.35. The summed E-state index contributed by atoms with van der Waals surface area (Å²) in [6.07, 6.45) is 4.49. The summed E-state index contributed by atoms with van der Waals surface area (Å²) in [5.41, 5.74) is 0.149. The zero-order chi connectivity index (χ0) is 24.3. The number of ether oxygens (including phenoxy) is 1. The van der Waals surface area contributed by atoms with Gasteiger partial charge in [-0.05, 0) is 50.3 Å². The number of amides is 3. The first-order valence-electron chi connectivity index (χ1n) is 11.2. The molecule has 1 spiro atoms. The molecule has 1 saturated heterocycles. The smallest absolute Gasteiger partial charge is 0.272 e. The van der Waals surface area contributed by atoms with Crippen LogP contribution in [0.1, 0.15) is 53.1 Å². The van der Waals surface area contributed by atoms with Gasteiger partial charge in [0.15, 0.2) is 5.69 Å². The Bertz CT molecular complexity index is 1080. The molecule has 0 bridgehead atoms. The number of rotatable bonds is 7. The minimum absolute atomic E-state index is 0.00639. The monoisotopic (exact) mass is 491 g/mol. The van der Waals surface area contributed by atoms with Crippen LogP contribution in [0, 0.1) is 11.2 Å². The Kier molecular flexibility index (Phi) is 7.18. The first kappa shape index (κ1) is 24.2. The third-order valence-electron chi connectivity index (χ3n) is 6.66. The molecule has 34 heavy (non-hydrogen) atoms. The lowest BCUT2D eigenvalue weighted by Gasteiger charge is -2.36. The maximum atomic E-state index is 13.4. The van der Waals surface area contributed by atoms with Crippen LogP contribution in [-0.2, 0) is 9.53 Å². The van der Waals surface area contributed by atoms with E-state index in [0.29, 0.717) is 57.5 Å². The summed E-state index contributed by atoms with van der Waals surface area (Å²) in [4.78, 5) is 46.7. The van der Waals surface area contributed by atoms with Gasteiger partial charge in [0, 0.05) is 26.2 Å². The molecular weight excluding hydrogens is 465 g/mol. The number of benzene rings is 1. The van der Waals surface area contributed by atoms with E-state index in [1.807, 2.05) is 0 Å². The first-order chi connectivity index (χ1) is 16.3. The zero-order valence-corrected chi connectivity index (χ0v) is 19.6. The van der Waals surface area contributed by atoms with Crippen molar-refractivity contribution in [3.8, 4) is 0 Å². The number of methoxy groups -OCH3 is 1. The average molecular weight is 492 g/mol. The molecule has 3 amide bonds. The molecule has 4 rings (SSSR count). The molecule has 1 saturated carbocycles. The van der Waals surface area contributed by atoms with Crippen LogP contribution in [0.15, 0.2) is 24.5 Å². The summed E-state index contributed by atoms with van der Waals surface area (Å²) in [5.74, 6) is -1.32. The van der Waals surface area contributed by atoms with Gasteiger partial charge in [-0.2, -0.15) is 0 Å². The number of nitrogens with zero attached hydrogens (tertiary/aromatic N) is 2. The van der Waals surface area contributed by atoms with Gasteiger partial charge in [0.1, 0.15) is 11.5 Å². The molecule has 3 N–H and O–H groups in total. The van der Waals surface area contributed by atoms with Crippen molar-refractivity contribution in [1.82, 2.24) is 20.6 Å². The molecule has 1 aliphatic heterocycles. The Morgan fingerprint density at radius 1 is 1.29 bits per heavy atom. The quantitative estimate of drug-likeness (QED) is 0.515. The molecule has 0 atom stereocenters. The molecule has 0 radical (unpaired) electrons. The fourth-order valence-electron chi connectivity index (χ4n) is 4.78. The van der Waals surface area contributed by atoms with Gasteiger partial charge in [0.2, 0.25) is 5.91 Å². The van der Waals surface area contributed by atoms with Crippen LogP contribution in [0.5, 0.6) is 0 Å². The van der Waals surface area contributed by atoms with Gasteiger partial charge >= 0.3 is 0 Å². The van der Waals surface area contributed by atoms with Crippen molar-refractivity contribution in [3.63, 3.8) is 0 Å². The average Bonchev–Trinajstić information content (AvgIpc) is 3.42. The Morgan fingerprint density at radius 3 is 2.76 bits per heavy atom. The van der Waals surface area contributed by atoms with Gasteiger partial charge in [-0.3, -0.25) is 14.4 Å². The number of halogens is 2. The Hall–Kier alpha value is -2.98. The summed E-state index contributed by atoms with van der Waals surface area (Å²) in [5, 5.41) is 5.82. The summed E-state index contributed by atoms with van der Waals surface area (Å²) in [6, 6.07) is 3.92. The molecule has 1 aromatic heterocycles. The van der Waals surface area contributed by atoms with Crippen LogP contribution in [0.4, 0.5) is 10.1 Å². The highest BCUT2D eigenvalue weighted by Crippen LogP contribution is 2.47. The van der Waals surface area contributed by atoms with E-state index in [4.69, 9.17) is 16.3 Å². The SMILES string of the molecule is COCCNC(=O)c1[nH]cnc1C(=O)NC1CCC2(CC1)CCN(c1ccc(F)cc1Cl)C2=O.